The van der Waals surface area contributed by atoms with E-state index in [-0.39, 0.29) is 11.1 Å². The smallest absolute Gasteiger partial charge is 0.262 e. The molecule has 1 aliphatic rings. The standard InChI is InChI=1S/C10H18N4O2S/c1-8-12-10(7-13(8)2)17(15,16)14-5-3-4-9(14)6-11/h7,9H,3-6,11H2,1-2H3. The van der Waals surface area contributed by atoms with E-state index in [1.54, 1.807) is 24.7 Å². The fourth-order valence-electron chi connectivity index (χ4n) is 2.13. The van der Waals surface area contributed by atoms with Crippen LogP contribution in [0.15, 0.2) is 11.2 Å². The predicted molar refractivity (Wildman–Crippen MR) is 63.9 cm³/mol. The monoisotopic (exact) mass is 258 g/mol. The number of nitrogens with two attached hydrogens (primary N) is 1. The van der Waals surface area contributed by atoms with Crippen LogP contribution in [0.1, 0.15) is 18.7 Å². The van der Waals surface area contributed by atoms with Crippen molar-refractivity contribution in [2.45, 2.75) is 30.8 Å². The predicted octanol–water partition coefficient (Wildman–Crippen LogP) is -0.160. The maximum Gasteiger partial charge on any atom is 0.262 e. The Balaban J connectivity index is 2.36. The van der Waals surface area contributed by atoms with Gasteiger partial charge in [0.2, 0.25) is 0 Å². The second kappa shape index (κ2) is 4.40. The van der Waals surface area contributed by atoms with E-state index in [2.05, 4.69) is 4.98 Å². The molecule has 0 aliphatic carbocycles. The molecule has 0 aromatic carbocycles. The first-order chi connectivity index (χ1) is 7.96. The molecule has 1 aromatic heterocycles. The molecule has 0 radical (unpaired) electrons. The molecule has 1 aromatic rings. The summed E-state index contributed by atoms with van der Waals surface area (Å²) in [6.45, 7) is 2.69. The van der Waals surface area contributed by atoms with Crippen LogP contribution in [0.5, 0.6) is 0 Å². The Kier molecular flexibility index (Phi) is 3.24. The van der Waals surface area contributed by atoms with Gasteiger partial charge in [0.15, 0.2) is 5.03 Å². The lowest BCUT2D eigenvalue weighted by Crippen LogP contribution is -2.40. The molecular formula is C10H18N4O2S. The summed E-state index contributed by atoms with van der Waals surface area (Å²) in [5, 5.41) is 0.123. The van der Waals surface area contributed by atoms with Crippen LogP contribution in [0, 0.1) is 6.92 Å². The first-order valence-electron chi connectivity index (χ1n) is 5.68. The summed E-state index contributed by atoms with van der Waals surface area (Å²) in [7, 11) is -1.70. The van der Waals surface area contributed by atoms with Gasteiger partial charge < -0.3 is 10.3 Å². The molecule has 7 heteroatoms. The van der Waals surface area contributed by atoms with E-state index < -0.39 is 10.0 Å². The summed E-state index contributed by atoms with van der Waals surface area (Å²) in [6.07, 6.45) is 3.25. The fraction of sp³-hybridized carbons (Fsp3) is 0.700. The molecule has 2 heterocycles. The van der Waals surface area contributed by atoms with Crippen molar-refractivity contribution in [3.63, 3.8) is 0 Å². The van der Waals surface area contributed by atoms with E-state index >= 15 is 0 Å². The average molecular weight is 258 g/mol. The van der Waals surface area contributed by atoms with Crippen molar-refractivity contribution in [1.82, 2.24) is 13.9 Å². The Bertz CT molecular complexity index is 489. The number of hydrogen-bond acceptors (Lipinski definition) is 4. The average Bonchev–Trinajstić information content (AvgIpc) is 2.86. The Labute approximate surface area is 101 Å². The molecule has 6 nitrogen and oxygen atoms in total. The van der Waals surface area contributed by atoms with Crippen molar-refractivity contribution in [2.75, 3.05) is 13.1 Å². The zero-order valence-electron chi connectivity index (χ0n) is 10.1. The second-order valence-electron chi connectivity index (χ2n) is 4.38. The highest BCUT2D eigenvalue weighted by molar-refractivity contribution is 7.89. The minimum atomic E-state index is -3.48. The first kappa shape index (κ1) is 12.5. The summed E-state index contributed by atoms with van der Waals surface area (Å²) in [4.78, 5) is 4.09. The number of rotatable bonds is 3. The van der Waals surface area contributed by atoms with Crippen LogP contribution in [-0.4, -0.2) is 41.4 Å². The Morgan fingerprint density at radius 3 is 2.82 bits per heavy atom. The molecule has 17 heavy (non-hydrogen) atoms. The summed E-state index contributed by atoms with van der Waals surface area (Å²) in [5.41, 5.74) is 5.60. The van der Waals surface area contributed by atoms with E-state index in [0.29, 0.717) is 18.9 Å². The minimum absolute atomic E-state index is 0.0812. The lowest BCUT2D eigenvalue weighted by Gasteiger charge is -2.21. The molecule has 0 saturated carbocycles. The molecule has 2 N–H and O–H groups in total. The van der Waals surface area contributed by atoms with Crippen LogP contribution in [0.2, 0.25) is 0 Å². The lowest BCUT2D eigenvalue weighted by molar-refractivity contribution is 0.391. The first-order valence-corrected chi connectivity index (χ1v) is 7.12. The molecule has 0 bridgehead atoms. The van der Waals surface area contributed by atoms with E-state index in [1.807, 2.05) is 0 Å². The molecule has 1 unspecified atom stereocenters. The van der Waals surface area contributed by atoms with Gasteiger partial charge in [0.1, 0.15) is 5.82 Å². The Morgan fingerprint density at radius 1 is 1.59 bits per heavy atom. The van der Waals surface area contributed by atoms with Gasteiger partial charge in [0.05, 0.1) is 0 Å². The summed E-state index contributed by atoms with van der Waals surface area (Å²) < 4.78 is 27.9. The highest BCUT2D eigenvalue weighted by Gasteiger charge is 2.35. The van der Waals surface area contributed by atoms with Crippen molar-refractivity contribution < 1.29 is 8.42 Å². The third kappa shape index (κ3) is 2.10. The van der Waals surface area contributed by atoms with Gasteiger partial charge in [0, 0.05) is 32.4 Å². The van der Waals surface area contributed by atoms with Gasteiger partial charge in [-0.2, -0.15) is 4.31 Å². The summed E-state index contributed by atoms with van der Waals surface area (Å²) in [5.74, 6) is 0.687. The molecule has 1 saturated heterocycles. The molecule has 2 rings (SSSR count). The van der Waals surface area contributed by atoms with Gasteiger partial charge in [-0.3, -0.25) is 0 Å². The van der Waals surface area contributed by atoms with E-state index in [4.69, 9.17) is 5.73 Å². The lowest BCUT2D eigenvalue weighted by atomic mass is 10.2. The van der Waals surface area contributed by atoms with Crippen LogP contribution < -0.4 is 5.73 Å². The summed E-state index contributed by atoms with van der Waals surface area (Å²) in [6, 6.07) is -0.0812. The van der Waals surface area contributed by atoms with Gasteiger partial charge in [0.25, 0.3) is 10.0 Å². The largest absolute Gasteiger partial charge is 0.337 e. The molecule has 1 fully saturated rings. The van der Waals surface area contributed by atoms with Crippen molar-refractivity contribution in [2.24, 2.45) is 12.8 Å². The quantitative estimate of drug-likeness (QED) is 0.817. The van der Waals surface area contributed by atoms with Crippen LogP contribution in [0.25, 0.3) is 0 Å². The van der Waals surface area contributed by atoms with E-state index in [9.17, 15) is 8.42 Å². The third-order valence-corrected chi connectivity index (χ3v) is 5.08. The molecule has 0 amide bonds. The van der Waals surface area contributed by atoms with Gasteiger partial charge >= 0.3 is 0 Å². The van der Waals surface area contributed by atoms with Crippen LogP contribution in [0.4, 0.5) is 0 Å². The highest BCUT2D eigenvalue weighted by Crippen LogP contribution is 2.24. The van der Waals surface area contributed by atoms with Crippen molar-refractivity contribution in [3.05, 3.63) is 12.0 Å². The normalized spacial score (nSPS) is 22.2. The van der Waals surface area contributed by atoms with Crippen LogP contribution in [-0.2, 0) is 17.1 Å². The highest BCUT2D eigenvalue weighted by atomic mass is 32.2. The van der Waals surface area contributed by atoms with Crippen LogP contribution >= 0.6 is 0 Å². The maximum atomic E-state index is 12.4. The Hall–Kier alpha value is -0.920. The number of aryl methyl sites for hydroxylation is 2. The molecule has 0 spiro atoms. The molecule has 1 atom stereocenters. The Morgan fingerprint density at radius 2 is 2.29 bits per heavy atom. The molecular weight excluding hydrogens is 240 g/mol. The zero-order valence-corrected chi connectivity index (χ0v) is 10.9. The third-order valence-electron chi connectivity index (χ3n) is 3.25. The van der Waals surface area contributed by atoms with Gasteiger partial charge in [-0.25, -0.2) is 13.4 Å². The van der Waals surface area contributed by atoms with Gasteiger partial charge in [-0.05, 0) is 19.8 Å². The van der Waals surface area contributed by atoms with Crippen molar-refractivity contribution >= 4 is 10.0 Å². The second-order valence-corrected chi connectivity index (χ2v) is 6.22. The van der Waals surface area contributed by atoms with Crippen molar-refractivity contribution in [1.29, 1.82) is 0 Å². The number of nitrogens with zero attached hydrogens (tertiary/aromatic N) is 3. The number of imidazole rings is 1. The van der Waals surface area contributed by atoms with Gasteiger partial charge in [-0.15, -0.1) is 0 Å². The zero-order chi connectivity index (χ0) is 12.6. The summed E-state index contributed by atoms with van der Waals surface area (Å²) >= 11 is 0. The van der Waals surface area contributed by atoms with Crippen LogP contribution in [0.3, 0.4) is 0 Å². The van der Waals surface area contributed by atoms with E-state index in [0.717, 1.165) is 12.8 Å². The molecule has 1 aliphatic heterocycles. The fourth-order valence-corrected chi connectivity index (χ4v) is 3.86. The SMILES string of the molecule is Cc1nc(S(=O)(=O)N2CCCC2CN)cn1C. The van der Waals surface area contributed by atoms with Gasteiger partial charge in [-0.1, -0.05) is 0 Å². The van der Waals surface area contributed by atoms with Crippen molar-refractivity contribution in [3.8, 4) is 0 Å². The topological polar surface area (TPSA) is 81.2 Å². The molecule has 96 valence electrons. The minimum Gasteiger partial charge on any atom is -0.337 e. The van der Waals surface area contributed by atoms with E-state index in [1.165, 1.54) is 4.31 Å². The number of aromatic nitrogens is 2. The number of sulfonamides is 1. The number of hydrogen-bond donors (Lipinski definition) is 1. The maximum absolute atomic E-state index is 12.4.